The molecule has 3 heterocycles. The molecule has 0 atom stereocenters. The van der Waals surface area contributed by atoms with E-state index in [1.165, 1.54) is 5.56 Å². The summed E-state index contributed by atoms with van der Waals surface area (Å²) < 4.78 is 13.0. The number of fused-ring (bicyclic) bond motifs is 1. The van der Waals surface area contributed by atoms with Crippen molar-refractivity contribution >= 4 is 36.6 Å². The number of carbonyl (C=O) groups is 1. The molecule has 1 aliphatic heterocycles. The van der Waals surface area contributed by atoms with Crippen LogP contribution < -0.4 is 16.2 Å². The molecule has 0 spiro atoms. The lowest BCUT2D eigenvalue weighted by Crippen LogP contribution is -2.41. The quantitative estimate of drug-likeness (QED) is 0.577. The Balaban J connectivity index is 1.44. The highest BCUT2D eigenvalue weighted by molar-refractivity contribution is 6.30. The fraction of sp³-hybridized carbons (Fsp3) is 0.500. The standard InChI is InChI=1S/C24H33BN6O3/c1-5-33-22-28-19(26)18-20(29-22)31(21(25)27-18)14-15-6-8-16(9-7-15)17-10-12-30(13-11-17)23(32)34-24(2,3)4/h6-9,17H,5,10-14,25H2,1-4H3,(H2,26,28,29). The zero-order valence-electron chi connectivity index (χ0n) is 20.7. The van der Waals surface area contributed by atoms with Gasteiger partial charge in [-0.2, -0.15) is 9.97 Å². The van der Waals surface area contributed by atoms with E-state index in [4.69, 9.17) is 15.2 Å². The van der Waals surface area contributed by atoms with E-state index in [1.807, 2.05) is 45.0 Å². The number of likely N-dealkylation sites (tertiary alicyclic amines) is 1. The van der Waals surface area contributed by atoms with Gasteiger partial charge >= 0.3 is 12.1 Å². The van der Waals surface area contributed by atoms with E-state index in [9.17, 15) is 4.79 Å². The van der Waals surface area contributed by atoms with Crippen LogP contribution in [0.25, 0.3) is 11.2 Å². The molecule has 0 aliphatic carbocycles. The third kappa shape index (κ3) is 5.26. The predicted octanol–water partition coefficient (Wildman–Crippen LogP) is 2.23. The van der Waals surface area contributed by atoms with Gasteiger partial charge in [-0.15, -0.1) is 0 Å². The summed E-state index contributed by atoms with van der Waals surface area (Å²) in [5.41, 5.74) is 10.1. The molecule has 4 rings (SSSR count). The van der Waals surface area contributed by atoms with Crippen molar-refractivity contribution in [2.45, 2.75) is 58.6 Å². The van der Waals surface area contributed by atoms with Gasteiger partial charge in [-0.25, -0.2) is 9.78 Å². The zero-order valence-corrected chi connectivity index (χ0v) is 20.7. The third-order valence-corrected chi connectivity index (χ3v) is 6.00. The van der Waals surface area contributed by atoms with E-state index in [2.05, 4.69) is 39.2 Å². The molecule has 2 N–H and O–H groups in total. The van der Waals surface area contributed by atoms with Gasteiger partial charge in [0.2, 0.25) is 0 Å². The second-order valence-corrected chi connectivity index (χ2v) is 9.73. The van der Waals surface area contributed by atoms with Gasteiger partial charge in [0.15, 0.2) is 19.3 Å². The minimum Gasteiger partial charge on any atom is -0.464 e. The molecule has 0 unspecified atom stereocenters. The highest BCUT2D eigenvalue weighted by atomic mass is 16.6. The monoisotopic (exact) mass is 464 g/mol. The summed E-state index contributed by atoms with van der Waals surface area (Å²) >= 11 is 0. The minimum atomic E-state index is -0.467. The maximum atomic E-state index is 12.3. The van der Waals surface area contributed by atoms with Crippen LogP contribution in [0.5, 0.6) is 6.01 Å². The van der Waals surface area contributed by atoms with E-state index < -0.39 is 5.60 Å². The van der Waals surface area contributed by atoms with Gasteiger partial charge < -0.3 is 24.7 Å². The number of piperidine rings is 1. The summed E-state index contributed by atoms with van der Waals surface area (Å²) in [6.45, 7) is 10.1. The average molecular weight is 464 g/mol. The van der Waals surface area contributed by atoms with Crippen LogP contribution in [0.4, 0.5) is 10.6 Å². The average Bonchev–Trinajstić information content (AvgIpc) is 3.09. The fourth-order valence-electron chi connectivity index (χ4n) is 4.29. The van der Waals surface area contributed by atoms with Crippen LogP contribution in [0.15, 0.2) is 24.3 Å². The number of hydrogen-bond acceptors (Lipinski definition) is 7. The topological polar surface area (TPSA) is 108 Å². The summed E-state index contributed by atoms with van der Waals surface area (Å²) in [5, 5.41) is 0. The number of amides is 1. The Morgan fingerprint density at radius 1 is 1.15 bits per heavy atom. The summed E-state index contributed by atoms with van der Waals surface area (Å²) in [5.74, 6) is 0.758. The highest BCUT2D eigenvalue weighted by Crippen LogP contribution is 2.29. The zero-order chi connectivity index (χ0) is 24.5. The molecule has 180 valence electrons. The van der Waals surface area contributed by atoms with Crippen molar-refractivity contribution in [1.29, 1.82) is 0 Å². The molecule has 1 aliphatic rings. The lowest BCUT2D eigenvalue weighted by atomic mass is 9.89. The van der Waals surface area contributed by atoms with E-state index in [0.717, 1.165) is 24.1 Å². The largest absolute Gasteiger partial charge is 0.464 e. The predicted molar refractivity (Wildman–Crippen MR) is 134 cm³/mol. The van der Waals surface area contributed by atoms with Gasteiger partial charge in [-0.1, -0.05) is 24.3 Å². The van der Waals surface area contributed by atoms with Gasteiger partial charge in [-0.05, 0) is 57.6 Å². The minimum absolute atomic E-state index is 0.221. The van der Waals surface area contributed by atoms with E-state index >= 15 is 0 Å². The van der Waals surface area contributed by atoms with E-state index in [-0.39, 0.29) is 12.1 Å². The van der Waals surface area contributed by atoms with E-state index in [1.54, 1.807) is 0 Å². The molecular weight excluding hydrogens is 431 g/mol. The maximum Gasteiger partial charge on any atom is 0.410 e. The van der Waals surface area contributed by atoms with Crippen LogP contribution in [0.3, 0.4) is 0 Å². The van der Waals surface area contributed by atoms with Crippen LogP contribution in [0.1, 0.15) is 57.6 Å². The lowest BCUT2D eigenvalue weighted by molar-refractivity contribution is 0.0205. The Labute approximate surface area is 201 Å². The molecule has 1 fully saturated rings. The number of carbonyl (C=O) groups excluding carboxylic acids is 1. The number of benzene rings is 1. The Morgan fingerprint density at radius 2 is 1.82 bits per heavy atom. The summed E-state index contributed by atoms with van der Waals surface area (Å²) in [6, 6.07) is 8.93. The van der Waals surface area contributed by atoms with Crippen LogP contribution in [-0.4, -0.2) is 63.7 Å². The van der Waals surface area contributed by atoms with Crippen molar-refractivity contribution in [3.05, 3.63) is 35.4 Å². The summed E-state index contributed by atoms with van der Waals surface area (Å²) in [7, 11) is 1.94. The number of rotatable bonds is 5. The Kier molecular flexibility index (Phi) is 6.68. The molecule has 0 bridgehead atoms. The van der Waals surface area contributed by atoms with Crippen molar-refractivity contribution in [1.82, 2.24) is 24.4 Å². The van der Waals surface area contributed by atoms with Gasteiger partial charge in [0.05, 0.1) is 12.3 Å². The Hall–Kier alpha value is -3.30. The third-order valence-electron chi connectivity index (χ3n) is 6.00. The Bertz CT molecular complexity index is 1160. The molecular formula is C24H33BN6O3. The van der Waals surface area contributed by atoms with Gasteiger partial charge in [0.1, 0.15) is 11.1 Å². The number of anilines is 1. The number of ether oxygens (including phenoxy) is 2. The number of hydrogen-bond donors (Lipinski definition) is 1. The fourth-order valence-corrected chi connectivity index (χ4v) is 4.29. The SMILES string of the molecule is Bc1nc2c(N)nc(OCC)nc2n1Cc1ccc(C2CCN(C(=O)OC(C)(C)C)CC2)cc1. The number of nitrogens with zero attached hydrogens (tertiary/aromatic N) is 5. The molecule has 2 aromatic heterocycles. The van der Waals surface area contributed by atoms with Crippen LogP contribution in [0.2, 0.25) is 0 Å². The van der Waals surface area contributed by atoms with Crippen LogP contribution in [-0.2, 0) is 11.3 Å². The first-order chi connectivity index (χ1) is 16.1. The van der Waals surface area contributed by atoms with Gasteiger partial charge in [0, 0.05) is 19.6 Å². The number of imidazole rings is 1. The van der Waals surface area contributed by atoms with Crippen LogP contribution >= 0.6 is 0 Å². The smallest absolute Gasteiger partial charge is 0.410 e. The highest BCUT2D eigenvalue weighted by Gasteiger charge is 2.27. The van der Waals surface area contributed by atoms with Gasteiger partial charge in [-0.3, -0.25) is 0 Å². The number of nitrogens with two attached hydrogens (primary N) is 1. The normalized spacial score (nSPS) is 15.0. The molecule has 9 nitrogen and oxygen atoms in total. The van der Waals surface area contributed by atoms with Crippen LogP contribution in [0, 0.1) is 0 Å². The summed E-state index contributed by atoms with van der Waals surface area (Å²) in [6.07, 6.45) is 1.64. The van der Waals surface area contributed by atoms with Crippen molar-refractivity contribution < 1.29 is 14.3 Å². The first-order valence-corrected chi connectivity index (χ1v) is 11.8. The summed E-state index contributed by atoms with van der Waals surface area (Å²) in [4.78, 5) is 27.4. The first-order valence-electron chi connectivity index (χ1n) is 11.8. The number of aromatic nitrogens is 4. The first kappa shape index (κ1) is 23.8. The molecule has 34 heavy (non-hydrogen) atoms. The molecule has 10 heteroatoms. The van der Waals surface area contributed by atoms with Gasteiger partial charge in [0.25, 0.3) is 0 Å². The molecule has 0 saturated carbocycles. The van der Waals surface area contributed by atoms with Crippen molar-refractivity contribution in [3.8, 4) is 6.01 Å². The molecule has 1 amide bonds. The molecule has 1 aromatic carbocycles. The molecule has 1 saturated heterocycles. The number of nitrogen functional groups attached to an aromatic ring is 1. The maximum absolute atomic E-state index is 12.3. The van der Waals surface area contributed by atoms with E-state index in [0.29, 0.717) is 49.1 Å². The van der Waals surface area contributed by atoms with Crippen molar-refractivity contribution in [3.63, 3.8) is 0 Å². The Morgan fingerprint density at radius 3 is 2.44 bits per heavy atom. The second kappa shape index (κ2) is 9.52. The second-order valence-electron chi connectivity index (χ2n) is 9.73. The molecule has 3 aromatic rings. The lowest BCUT2D eigenvalue weighted by Gasteiger charge is -2.33. The van der Waals surface area contributed by atoms with Crippen molar-refractivity contribution in [2.24, 2.45) is 0 Å². The molecule has 0 radical (unpaired) electrons. The van der Waals surface area contributed by atoms with Crippen molar-refractivity contribution in [2.75, 3.05) is 25.4 Å².